The molecule has 0 saturated carbocycles. The molecule has 6 nitrogen and oxygen atoms in total. The SMILES string of the molecule is CCn1cc(-c2cc([N+](=O)[O-])cc(Cl)n2)cn1. The Kier molecular flexibility index (Phi) is 3.06. The van der Waals surface area contributed by atoms with Crippen molar-refractivity contribution in [1.29, 1.82) is 0 Å². The first-order chi connectivity index (χ1) is 8.10. The summed E-state index contributed by atoms with van der Waals surface area (Å²) in [5.41, 5.74) is 1.07. The smallest absolute Gasteiger partial charge is 0.272 e. The molecule has 2 rings (SSSR count). The highest BCUT2D eigenvalue weighted by Gasteiger charge is 2.12. The third kappa shape index (κ3) is 2.42. The van der Waals surface area contributed by atoms with Crippen molar-refractivity contribution in [3.8, 4) is 11.3 Å². The molecule has 0 spiro atoms. The van der Waals surface area contributed by atoms with E-state index in [4.69, 9.17) is 11.6 Å². The van der Waals surface area contributed by atoms with Crippen molar-refractivity contribution in [3.63, 3.8) is 0 Å². The Morgan fingerprint density at radius 2 is 2.29 bits per heavy atom. The Bertz CT molecular complexity index is 567. The van der Waals surface area contributed by atoms with Crippen LogP contribution < -0.4 is 0 Å². The molecule has 7 heteroatoms. The van der Waals surface area contributed by atoms with Crippen LogP contribution in [0.3, 0.4) is 0 Å². The van der Waals surface area contributed by atoms with Crippen LogP contribution in [0.15, 0.2) is 24.5 Å². The van der Waals surface area contributed by atoms with Gasteiger partial charge in [0.1, 0.15) is 5.15 Å². The number of hydrogen-bond donors (Lipinski definition) is 0. The Morgan fingerprint density at radius 1 is 1.53 bits per heavy atom. The van der Waals surface area contributed by atoms with Crippen molar-refractivity contribution in [3.05, 3.63) is 39.8 Å². The molecule has 0 aliphatic carbocycles. The number of halogens is 1. The van der Waals surface area contributed by atoms with Crippen molar-refractivity contribution in [2.75, 3.05) is 0 Å². The van der Waals surface area contributed by atoms with Gasteiger partial charge in [0.15, 0.2) is 0 Å². The molecular weight excluding hydrogens is 244 g/mol. The van der Waals surface area contributed by atoms with Gasteiger partial charge in [0.05, 0.1) is 22.9 Å². The lowest BCUT2D eigenvalue weighted by atomic mass is 10.2. The summed E-state index contributed by atoms with van der Waals surface area (Å²) in [7, 11) is 0. The van der Waals surface area contributed by atoms with Gasteiger partial charge >= 0.3 is 0 Å². The minimum absolute atomic E-state index is 0.0794. The van der Waals surface area contributed by atoms with Gasteiger partial charge in [-0.2, -0.15) is 5.10 Å². The number of pyridine rings is 1. The summed E-state index contributed by atoms with van der Waals surface area (Å²) >= 11 is 5.74. The van der Waals surface area contributed by atoms with Crippen LogP contribution in [0.25, 0.3) is 11.3 Å². The lowest BCUT2D eigenvalue weighted by Gasteiger charge is -1.98. The first-order valence-corrected chi connectivity index (χ1v) is 5.32. The Labute approximate surface area is 102 Å². The second kappa shape index (κ2) is 4.50. The van der Waals surface area contributed by atoms with Gasteiger partial charge in [0.2, 0.25) is 0 Å². The molecule has 2 aromatic heterocycles. The summed E-state index contributed by atoms with van der Waals surface area (Å²) in [5, 5.41) is 14.9. The van der Waals surface area contributed by atoms with Crippen LogP contribution in [0.4, 0.5) is 5.69 Å². The van der Waals surface area contributed by atoms with Crippen molar-refractivity contribution in [1.82, 2.24) is 14.8 Å². The minimum atomic E-state index is -0.499. The number of nitrogens with zero attached hydrogens (tertiary/aromatic N) is 4. The fourth-order valence-electron chi connectivity index (χ4n) is 1.41. The number of hydrogen-bond acceptors (Lipinski definition) is 4. The van der Waals surface area contributed by atoms with E-state index in [1.807, 2.05) is 6.92 Å². The van der Waals surface area contributed by atoms with Crippen molar-refractivity contribution in [2.24, 2.45) is 0 Å². The molecule has 0 N–H and O–H groups in total. The highest BCUT2D eigenvalue weighted by Crippen LogP contribution is 2.24. The van der Waals surface area contributed by atoms with Crippen LogP contribution >= 0.6 is 11.6 Å². The molecule has 0 aliphatic rings. The van der Waals surface area contributed by atoms with Gasteiger partial charge in [-0.3, -0.25) is 14.8 Å². The zero-order valence-corrected chi connectivity index (χ0v) is 9.76. The zero-order chi connectivity index (χ0) is 12.4. The molecular formula is C10H9ClN4O2. The average molecular weight is 253 g/mol. The van der Waals surface area contributed by atoms with Gasteiger partial charge < -0.3 is 0 Å². The van der Waals surface area contributed by atoms with E-state index < -0.39 is 4.92 Å². The summed E-state index contributed by atoms with van der Waals surface area (Å²) in [6.45, 7) is 2.67. The zero-order valence-electron chi connectivity index (χ0n) is 9.00. The molecule has 2 aromatic rings. The van der Waals surface area contributed by atoms with Gasteiger partial charge in [0, 0.05) is 24.4 Å². The standard InChI is InChI=1S/C10H9ClN4O2/c1-2-14-6-7(5-12-14)9-3-8(15(16)17)4-10(11)13-9/h3-6H,2H2,1H3. The summed E-state index contributed by atoms with van der Waals surface area (Å²) in [6, 6.07) is 2.60. The minimum Gasteiger partial charge on any atom is -0.272 e. The summed E-state index contributed by atoms with van der Waals surface area (Å²) in [5.74, 6) is 0. The summed E-state index contributed by atoms with van der Waals surface area (Å²) in [6.07, 6.45) is 3.37. The molecule has 0 amide bonds. The van der Waals surface area contributed by atoms with Crippen LogP contribution in [0.2, 0.25) is 5.15 Å². The normalized spacial score (nSPS) is 10.5. The Hall–Kier alpha value is -1.95. The van der Waals surface area contributed by atoms with Crippen LogP contribution in [0, 0.1) is 10.1 Å². The lowest BCUT2D eigenvalue weighted by molar-refractivity contribution is -0.384. The number of rotatable bonds is 3. The van der Waals surface area contributed by atoms with Crippen LogP contribution in [-0.2, 0) is 6.54 Å². The number of nitro groups is 1. The largest absolute Gasteiger partial charge is 0.274 e. The maximum absolute atomic E-state index is 10.7. The Morgan fingerprint density at radius 3 is 2.88 bits per heavy atom. The fourth-order valence-corrected chi connectivity index (χ4v) is 1.61. The number of aromatic nitrogens is 3. The lowest BCUT2D eigenvalue weighted by Crippen LogP contribution is -1.93. The van der Waals surface area contributed by atoms with Crippen LogP contribution in [-0.4, -0.2) is 19.7 Å². The molecule has 0 bridgehead atoms. The van der Waals surface area contributed by atoms with Gasteiger partial charge in [-0.15, -0.1) is 0 Å². The number of aryl methyl sites for hydroxylation is 1. The van der Waals surface area contributed by atoms with Gasteiger partial charge in [-0.25, -0.2) is 4.98 Å². The first-order valence-electron chi connectivity index (χ1n) is 4.95. The van der Waals surface area contributed by atoms with Gasteiger partial charge in [0.25, 0.3) is 5.69 Å². The van der Waals surface area contributed by atoms with E-state index >= 15 is 0 Å². The maximum atomic E-state index is 10.7. The van der Waals surface area contributed by atoms with E-state index in [-0.39, 0.29) is 10.8 Å². The van der Waals surface area contributed by atoms with Crippen LogP contribution in [0.5, 0.6) is 0 Å². The van der Waals surface area contributed by atoms with E-state index in [1.165, 1.54) is 12.1 Å². The maximum Gasteiger partial charge on any atom is 0.274 e. The van der Waals surface area contributed by atoms with E-state index in [9.17, 15) is 10.1 Å². The van der Waals surface area contributed by atoms with Crippen molar-refractivity contribution >= 4 is 17.3 Å². The van der Waals surface area contributed by atoms with E-state index in [0.717, 1.165) is 6.54 Å². The second-order valence-corrected chi connectivity index (χ2v) is 3.76. The molecule has 2 heterocycles. The van der Waals surface area contributed by atoms with E-state index in [1.54, 1.807) is 17.1 Å². The third-order valence-corrected chi connectivity index (χ3v) is 2.44. The quantitative estimate of drug-likeness (QED) is 0.478. The molecule has 88 valence electrons. The molecule has 0 unspecified atom stereocenters. The molecule has 17 heavy (non-hydrogen) atoms. The molecule has 0 aromatic carbocycles. The summed E-state index contributed by atoms with van der Waals surface area (Å²) in [4.78, 5) is 14.2. The monoisotopic (exact) mass is 252 g/mol. The first kappa shape index (κ1) is 11.5. The third-order valence-electron chi connectivity index (χ3n) is 2.24. The highest BCUT2D eigenvalue weighted by molar-refractivity contribution is 6.29. The molecule has 0 fully saturated rings. The van der Waals surface area contributed by atoms with Crippen molar-refractivity contribution < 1.29 is 4.92 Å². The molecule has 0 saturated heterocycles. The molecule has 0 radical (unpaired) electrons. The van der Waals surface area contributed by atoms with Crippen molar-refractivity contribution in [2.45, 2.75) is 13.5 Å². The topological polar surface area (TPSA) is 73.8 Å². The Balaban J connectivity index is 2.47. The summed E-state index contributed by atoms with van der Waals surface area (Å²) < 4.78 is 1.71. The fraction of sp³-hybridized carbons (Fsp3) is 0.200. The molecule has 0 aliphatic heterocycles. The average Bonchev–Trinajstić information content (AvgIpc) is 2.76. The van der Waals surface area contributed by atoms with Gasteiger partial charge in [-0.05, 0) is 6.92 Å². The van der Waals surface area contributed by atoms with Crippen LogP contribution in [0.1, 0.15) is 6.92 Å². The van der Waals surface area contributed by atoms with Gasteiger partial charge in [-0.1, -0.05) is 11.6 Å². The van der Waals surface area contributed by atoms with E-state index in [0.29, 0.717) is 11.3 Å². The second-order valence-electron chi connectivity index (χ2n) is 3.38. The predicted molar refractivity (Wildman–Crippen MR) is 62.8 cm³/mol. The predicted octanol–water partition coefficient (Wildman–Crippen LogP) is 2.53. The highest BCUT2D eigenvalue weighted by atomic mass is 35.5. The molecule has 0 atom stereocenters. The van der Waals surface area contributed by atoms with E-state index in [2.05, 4.69) is 10.1 Å².